The van der Waals surface area contributed by atoms with Gasteiger partial charge in [-0.05, 0) is 24.6 Å². The molecule has 3 aromatic rings. The molecule has 0 saturated heterocycles. The molecule has 2 aromatic heterocycles. The molecular weight excluding hydrogens is 330 g/mol. The minimum Gasteiger partial charge on any atom is -0.378 e. The largest absolute Gasteiger partial charge is 0.378 e. The summed E-state index contributed by atoms with van der Waals surface area (Å²) in [6.45, 7) is 4.93. The number of para-hydroxylation sites is 2. The number of aryl methyl sites for hydroxylation is 1. The lowest BCUT2D eigenvalue weighted by molar-refractivity contribution is -0.124. The lowest BCUT2D eigenvalue weighted by Crippen LogP contribution is -2.32. The molecule has 1 amide bonds. The number of hydrogen-bond acceptors (Lipinski definition) is 4. The molecule has 0 bridgehead atoms. The maximum absolute atomic E-state index is 12.9. The minimum atomic E-state index is -0.293. The molecule has 0 unspecified atom stereocenters. The lowest BCUT2D eigenvalue weighted by atomic mass is 10.1. The van der Waals surface area contributed by atoms with E-state index in [9.17, 15) is 4.79 Å². The Morgan fingerprint density at radius 1 is 1.35 bits per heavy atom. The zero-order chi connectivity index (χ0) is 18.5. The number of benzene rings is 1. The highest BCUT2D eigenvalue weighted by atomic mass is 16.5. The van der Waals surface area contributed by atoms with Crippen LogP contribution in [0.5, 0.6) is 0 Å². The molecule has 7 nitrogen and oxygen atoms in total. The van der Waals surface area contributed by atoms with Gasteiger partial charge in [0.2, 0.25) is 5.91 Å². The highest BCUT2D eigenvalue weighted by molar-refractivity contribution is 5.84. The van der Waals surface area contributed by atoms with Gasteiger partial charge in [-0.15, -0.1) is 0 Å². The number of aromatic amines is 1. The van der Waals surface area contributed by atoms with E-state index in [0.29, 0.717) is 19.6 Å². The zero-order valence-corrected chi connectivity index (χ0v) is 15.5. The van der Waals surface area contributed by atoms with Crippen molar-refractivity contribution in [2.24, 2.45) is 0 Å². The van der Waals surface area contributed by atoms with Crippen LogP contribution in [0.15, 0.2) is 30.3 Å². The van der Waals surface area contributed by atoms with E-state index in [0.717, 1.165) is 34.7 Å². The molecule has 3 rings (SSSR count). The van der Waals surface area contributed by atoms with E-state index < -0.39 is 0 Å². The van der Waals surface area contributed by atoms with Crippen molar-refractivity contribution in [3.63, 3.8) is 0 Å². The van der Waals surface area contributed by atoms with Gasteiger partial charge in [0.05, 0.1) is 35.6 Å². The summed E-state index contributed by atoms with van der Waals surface area (Å²) < 4.78 is 7.12. The molecule has 0 aliphatic heterocycles. The second kappa shape index (κ2) is 8.14. The number of methoxy groups -OCH3 is 1. The molecule has 0 radical (unpaired) electrons. The molecule has 0 aliphatic rings. The first-order valence-electron chi connectivity index (χ1n) is 8.93. The summed E-state index contributed by atoms with van der Waals surface area (Å²) >= 11 is 0. The third-order valence-electron chi connectivity index (χ3n) is 4.42. The summed E-state index contributed by atoms with van der Waals surface area (Å²) in [4.78, 5) is 17.5. The van der Waals surface area contributed by atoms with Gasteiger partial charge >= 0.3 is 0 Å². The van der Waals surface area contributed by atoms with Gasteiger partial charge in [0.25, 0.3) is 0 Å². The quantitative estimate of drug-likeness (QED) is 0.651. The van der Waals surface area contributed by atoms with Crippen LogP contribution in [0.2, 0.25) is 0 Å². The molecule has 26 heavy (non-hydrogen) atoms. The van der Waals surface area contributed by atoms with Gasteiger partial charge in [0, 0.05) is 13.5 Å². The van der Waals surface area contributed by atoms with Crippen molar-refractivity contribution in [3.05, 3.63) is 47.5 Å². The van der Waals surface area contributed by atoms with Crippen LogP contribution in [0, 0.1) is 0 Å². The molecule has 0 aliphatic carbocycles. The fraction of sp³-hybridized carbons (Fsp3) is 0.421. The van der Waals surface area contributed by atoms with Crippen molar-refractivity contribution >= 4 is 16.9 Å². The maximum atomic E-state index is 12.9. The van der Waals surface area contributed by atoms with Crippen LogP contribution in [-0.4, -0.2) is 32.8 Å². The van der Waals surface area contributed by atoms with Gasteiger partial charge < -0.3 is 14.6 Å². The van der Waals surface area contributed by atoms with Crippen molar-refractivity contribution in [1.82, 2.24) is 25.1 Å². The highest BCUT2D eigenvalue weighted by Gasteiger charge is 2.23. The molecule has 2 N–H and O–H groups in total. The number of carbonyl (C=O) groups is 1. The first kappa shape index (κ1) is 18.1. The number of aromatic nitrogens is 4. The molecule has 0 saturated carbocycles. The van der Waals surface area contributed by atoms with E-state index in [4.69, 9.17) is 4.74 Å². The van der Waals surface area contributed by atoms with Gasteiger partial charge in [-0.25, -0.2) is 4.98 Å². The van der Waals surface area contributed by atoms with Crippen LogP contribution >= 0.6 is 0 Å². The number of H-pyrrole nitrogens is 1. The summed E-state index contributed by atoms with van der Waals surface area (Å²) in [6, 6.07) is 9.55. The molecule has 7 heteroatoms. The number of ether oxygens (including phenoxy) is 1. The Kier molecular flexibility index (Phi) is 5.68. The molecular formula is C19H25N5O2. The Hall–Kier alpha value is -2.67. The van der Waals surface area contributed by atoms with Gasteiger partial charge in [-0.2, -0.15) is 5.10 Å². The zero-order valence-electron chi connectivity index (χ0n) is 15.5. The number of rotatable bonds is 8. The average Bonchev–Trinajstić information content (AvgIpc) is 3.25. The fourth-order valence-electron chi connectivity index (χ4n) is 3.20. The number of hydrogen-bond donors (Lipinski definition) is 2. The number of nitrogens with one attached hydrogen (secondary N) is 2. The standard InChI is InChI=1S/C19H25N5O2/c1-4-16(19(25)20-11-13-10-14(12-26-3)23-22-13)24-17-9-7-6-8-15(17)21-18(24)5-2/h6-10,16H,4-5,11-12H2,1-3H3,(H,20,25)(H,22,23)/t16-/m1/s1. The molecule has 0 fully saturated rings. The molecule has 138 valence electrons. The van der Waals surface area contributed by atoms with Crippen molar-refractivity contribution in [1.29, 1.82) is 0 Å². The minimum absolute atomic E-state index is 0.0201. The van der Waals surface area contributed by atoms with Crippen molar-refractivity contribution < 1.29 is 9.53 Å². The van der Waals surface area contributed by atoms with Crippen molar-refractivity contribution in [2.45, 2.75) is 45.9 Å². The Balaban J connectivity index is 1.78. The van der Waals surface area contributed by atoms with E-state index in [1.807, 2.05) is 37.3 Å². The van der Waals surface area contributed by atoms with Crippen LogP contribution in [-0.2, 0) is 29.1 Å². The second-order valence-corrected chi connectivity index (χ2v) is 6.20. The highest BCUT2D eigenvalue weighted by Crippen LogP contribution is 2.24. The summed E-state index contributed by atoms with van der Waals surface area (Å²) in [6.07, 6.45) is 1.47. The van der Waals surface area contributed by atoms with Crippen molar-refractivity contribution in [2.75, 3.05) is 7.11 Å². The van der Waals surface area contributed by atoms with Gasteiger partial charge in [-0.3, -0.25) is 9.89 Å². The summed E-state index contributed by atoms with van der Waals surface area (Å²) in [5.41, 5.74) is 3.59. The predicted molar refractivity (Wildman–Crippen MR) is 99.6 cm³/mol. The third-order valence-corrected chi connectivity index (χ3v) is 4.42. The monoisotopic (exact) mass is 355 g/mol. The summed E-state index contributed by atoms with van der Waals surface area (Å²) in [5, 5.41) is 10.1. The van der Waals surface area contributed by atoms with Gasteiger partial charge in [-0.1, -0.05) is 26.0 Å². The van der Waals surface area contributed by atoms with E-state index in [2.05, 4.69) is 32.0 Å². The maximum Gasteiger partial charge on any atom is 0.243 e. The van der Waals surface area contributed by atoms with Gasteiger partial charge in [0.1, 0.15) is 11.9 Å². The second-order valence-electron chi connectivity index (χ2n) is 6.20. The summed E-state index contributed by atoms with van der Waals surface area (Å²) in [7, 11) is 1.63. The Labute approximate surface area is 152 Å². The Morgan fingerprint density at radius 2 is 2.15 bits per heavy atom. The Morgan fingerprint density at radius 3 is 2.88 bits per heavy atom. The predicted octanol–water partition coefficient (Wildman–Crippen LogP) is 2.74. The molecule has 1 aromatic carbocycles. The van der Waals surface area contributed by atoms with E-state index in [1.54, 1.807) is 7.11 Å². The SMILES string of the molecule is CCc1nc2ccccc2n1[C@H](CC)C(=O)NCc1cc(COC)n[nH]1. The first-order valence-corrected chi connectivity index (χ1v) is 8.93. The smallest absolute Gasteiger partial charge is 0.243 e. The molecule has 0 spiro atoms. The van der Waals surface area contributed by atoms with Crippen LogP contribution in [0.4, 0.5) is 0 Å². The van der Waals surface area contributed by atoms with Crippen molar-refractivity contribution in [3.8, 4) is 0 Å². The fourth-order valence-corrected chi connectivity index (χ4v) is 3.20. The third kappa shape index (κ3) is 3.62. The van der Waals surface area contributed by atoms with Crippen LogP contribution in [0.3, 0.4) is 0 Å². The summed E-state index contributed by atoms with van der Waals surface area (Å²) in [5.74, 6) is 0.908. The number of fused-ring (bicyclic) bond motifs is 1. The Bertz CT molecular complexity index is 883. The normalized spacial score (nSPS) is 12.4. The van der Waals surface area contributed by atoms with Crippen LogP contribution in [0.25, 0.3) is 11.0 Å². The molecule has 1 atom stereocenters. The van der Waals surface area contributed by atoms with E-state index >= 15 is 0 Å². The number of amides is 1. The lowest BCUT2D eigenvalue weighted by Gasteiger charge is -2.19. The molecule has 2 heterocycles. The van der Waals surface area contributed by atoms with E-state index in [-0.39, 0.29) is 11.9 Å². The first-order chi connectivity index (χ1) is 12.7. The number of carbonyl (C=O) groups excluding carboxylic acids is 1. The van der Waals surface area contributed by atoms with Crippen LogP contribution in [0.1, 0.15) is 43.5 Å². The van der Waals surface area contributed by atoms with E-state index in [1.165, 1.54) is 0 Å². The average molecular weight is 355 g/mol. The van der Waals surface area contributed by atoms with Gasteiger partial charge in [0.15, 0.2) is 0 Å². The topological polar surface area (TPSA) is 84.8 Å². The number of imidazole rings is 1. The van der Waals surface area contributed by atoms with Crippen LogP contribution < -0.4 is 5.32 Å². The number of nitrogens with zero attached hydrogens (tertiary/aromatic N) is 3.